The topological polar surface area (TPSA) is 89.2 Å². The van der Waals surface area contributed by atoms with Gasteiger partial charge in [0, 0.05) is 0 Å². The maximum absolute atomic E-state index is 13.4. The van der Waals surface area contributed by atoms with Crippen molar-refractivity contribution >= 4 is 17.8 Å². The van der Waals surface area contributed by atoms with Crippen LogP contribution >= 0.6 is 0 Å². The lowest BCUT2D eigenvalue weighted by Gasteiger charge is -2.26. The van der Waals surface area contributed by atoms with Gasteiger partial charge < -0.3 is 23.9 Å². The highest BCUT2D eigenvalue weighted by Gasteiger charge is 2.43. The normalized spacial score (nSPS) is 15.5. The number of furan rings is 1. The zero-order valence-electron chi connectivity index (χ0n) is 19.9. The summed E-state index contributed by atoms with van der Waals surface area (Å²) in [5.74, 6) is -0.225. The lowest BCUT2D eigenvalue weighted by atomic mass is 9.95. The van der Waals surface area contributed by atoms with Gasteiger partial charge in [0.15, 0.2) is 23.0 Å². The van der Waals surface area contributed by atoms with Crippen LogP contribution in [0.5, 0.6) is 11.5 Å². The molecule has 36 heavy (non-hydrogen) atoms. The number of hydrogen-bond donors (Lipinski definition) is 1. The molecule has 1 aliphatic rings. The number of carbonyl (C=O) groups excluding carboxylic acids is 2. The van der Waals surface area contributed by atoms with Crippen molar-refractivity contribution in [1.82, 2.24) is 4.90 Å². The first-order valence-electron chi connectivity index (χ1n) is 11.6. The van der Waals surface area contributed by atoms with Crippen LogP contribution in [0.3, 0.4) is 0 Å². The van der Waals surface area contributed by atoms with E-state index in [1.807, 2.05) is 37.3 Å². The Morgan fingerprint density at radius 1 is 1.11 bits per heavy atom. The van der Waals surface area contributed by atoms with E-state index >= 15 is 0 Å². The van der Waals surface area contributed by atoms with Crippen molar-refractivity contribution in [1.29, 1.82) is 0 Å². The van der Waals surface area contributed by atoms with Gasteiger partial charge in [0.05, 0.1) is 31.0 Å². The Bertz CT molecular complexity index is 1290. The zero-order valence-corrected chi connectivity index (χ0v) is 19.9. The fourth-order valence-corrected chi connectivity index (χ4v) is 4.04. The van der Waals surface area contributed by atoms with Crippen molar-refractivity contribution in [2.24, 2.45) is 0 Å². The third kappa shape index (κ3) is 5.25. The molecule has 1 N–H and O–H groups in total. The molecule has 0 bridgehead atoms. The van der Waals surface area contributed by atoms with Gasteiger partial charge >= 0.3 is 0 Å². The molecule has 7 nitrogen and oxygen atoms in total. The molecule has 0 spiro atoms. The Balaban J connectivity index is 1.75. The molecular weight excluding hydrogens is 458 g/mol. The first-order valence-corrected chi connectivity index (χ1v) is 11.6. The summed E-state index contributed by atoms with van der Waals surface area (Å²) in [4.78, 5) is 27.9. The summed E-state index contributed by atoms with van der Waals surface area (Å²) in [7, 11) is 0. The summed E-state index contributed by atoms with van der Waals surface area (Å²) < 4.78 is 16.9. The number of aliphatic hydroxyl groups excluding tert-OH is 1. The Labute approximate surface area is 209 Å². The minimum Gasteiger partial charge on any atom is -0.503 e. The number of allylic oxidation sites excluding steroid dienone is 1. The van der Waals surface area contributed by atoms with Crippen LogP contribution in [-0.2, 0) is 16.1 Å². The molecule has 1 aromatic heterocycles. The Hall–Kier alpha value is -4.52. The molecule has 7 heteroatoms. The first kappa shape index (κ1) is 24.6. The van der Waals surface area contributed by atoms with Gasteiger partial charge in [0.25, 0.3) is 5.91 Å². The molecule has 4 rings (SSSR count). The second kappa shape index (κ2) is 11.3. The standard InChI is InChI=1S/C29H27NO6/c1-3-16-36-24-15-13-21(18-25(24)34-4-2)27-26(23(31)14-12-20-9-6-5-7-10-20)28(32)29(33)30(27)19-22-11-8-17-35-22/h3,5-15,17-18,27,32H,1,4,16,19H2,2H3. The van der Waals surface area contributed by atoms with Crippen LogP contribution in [0.15, 0.2) is 101 Å². The van der Waals surface area contributed by atoms with Crippen LogP contribution in [0.2, 0.25) is 0 Å². The fourth-order valence-electron chi connectivity index (χ4n) is 4.04. The van der Waals surface area contributed by atoms with Gasteiger partial charge in [-0.1, -0.05) is 55.1 Å². The van der Waals surface area contributed by atoms with Gasteiger partial charge in [-0.25, -0.2) is 0 Å². The first-order chi connectivity index (χ1) is 17.5. The maximum atomic E-state index is 13.4. The molecule has 0 fully saturated rings. The molecule has 1 amide bonds. The van der Waals surface area contributed by atoms with Crippen molar-refractivity contribution in [3.8, 4) is 11.5 Å². The monoisotopic (exact) mass is 485 g/mol. The molecule has 184 valence electrons. The quantitative estimate of drug-likeness (QED) is 0.288. The number of aliphatic hydroxyl groups is 1. The number of rotatable bonds is 11. The van der Waals surface area contributed by atoms with Crippen molar-refractivity contribution in [2.75, 3.05) is 13.2 Å². The lowest BCUT2D eigenvalue weighted by molar-refractivity contribution is -0.130. The highest BCUT2D eigenvalue weighted by atomic mass is 16.5. The van der Waals surface area contributed by atoms with E-state index in [2.05, 4.69) is 6.58 Å². The number of ether oxygens (including phenoxy) is 2. The number of hydrogen-bond acceptors (Lipinski definition) is 6. The Kier molecular flexibility index (Phi) is 7.70. The van der Waals surface area contributed by atoms with Crippen LogP contribution in [0.25, 0.3) is 6.08 Å². The van der Waals surface area contributed by atoms with Gasteiger partial charge in [-0.2, -0.15) is 0 Å². The summed E-state index contributed by atoms with van der Waals surface area (Å²) in [6.45, 7) is 6.26. The van der Waals surface area contributed by atoms with Gasteiger partial charge in [0.1, 0.15) is 12.4 Å². The van der Waals surface area contributed by atoms with E-state index in [4.69, 9.17) is 13.9 Å². The van der Waals surface area contributed by atoms with Gasteiger partial charge in [-0.05, 0) is 48.4 Å². The summed E-state index contributed by atoms with van der Waals surface area (Å²) in [6, 6.07) is 17.1. The molecule has 0 saturated heterocycles. The van der Waals surface area contributed by atoms with Gasteiger partial charge in [-0.15, -0.1) is 0 Å². The van der Waals surface area contributed by atoms with E-state index in [1.54, 1.807) is 42.5 Å². The second-order valence-corrected chi connectivity index (χ2v) is 8.02. The van der Waals surface area contributed by atoms with Crippen LogP contribution < -0.4 is 9.47 Å². The molecule has 3 aromatic rings. The number of nitrogens with zero attached hydrogens (tertiary/aromatic N) is 1. The summed E-state index contributed by atoms with van der Waals surface area (Å²) in [5.41, 5.74) is 1.40. The van der Waals surface area contributed by atoms with Crippen LogP contribution in [0, 0.1) is 0 Å². The van der Waals surface area contributed by atoms with Gasteiger partial charge in [-0.3, -0.25) is 9.59 Å². The predicted molar refractivity (Wildman–Crippen MR) is 135 cm³/mol. The largest absolute Gasteiger partial charge is 0.503 e. The number of carbonyl (C=O) groups is 2. The average molecular weight is 486 g/mol. The zero-order chi connectivity index (χ0) is 25.5. The van der Waals surface area contributed by atoms with Crippen molar-refractivity contribution in [3.63, 3.8) is 0 Å². The van der Waals surface area contributed by atoms with Crippen LogP contribution in [0.4, 0.5) is 0 Å². The van der Waals surface area contributed by atoms with E-state index in [9.17, 15) is 14.7 Å². The second-order valence-electron chi connectivity index (χ2n) is 8.02. The van der Waals surface area contributed by atoms with E-state index in [-0.39, 0.29) is 12.1 Å². The summed E-state index contributed by atoms with van der Waals surface area (Å²) in [6.07, 6.45) is 6.15. The Morgan fingerprint density at radius 2 is 1.92 bits per heavy atom. The molecule has 0 aliphatic carbocycles. The van der Waals surface area contributed by atoms with Gasteiger partial charge in [0.2, 0.25) is 0 Å². The highest BCUT2D eigenvalue weighted by molar-refractivity contribution is 6.14. The highest BCUT2D eigenvalue weighted by Crippen LogP contribution is 2.42. The van der Waals surface area contributed by atoms with Crippen LogP contribution in [-0.4, -0.2) is 34.9 Å². The minimum absolute atomic E-state index is 0.0130. The lowest BCUT2D eigenvalue weighted by Crippen LogP contribution is -2.30. The molecule has 1 unspecified atom stereocenters. The van der Waals surface area contributed by atoms with Crippen LogP contribution in [0.1, 0.15) is 29.9 Å². The van der Waals surface area contributed by atoms with E-state index < -0.39 is 23.5 Å². The molecule has 0 saturated carbocycles. The summed E-state index contributed by atoms with van der Waals surface area (Å²) in [5, 5.41) is 10.8. The van der Waals surface area contributed by atoms with E-state index in [0.717, 1.165) is 5.56 Å². The molecule has 2 aromatic carbocycles. The molecule has 1 atom stereocenters. The number of benzene rings is 2. The third-order valence-corrected chi connectivity index (χ3v) is 5.64. The fraction of sp³-hybridized carbons (Fsp3) is 0.172. The van der Waals surface area contributed by atoms with E-state index in [0.29, 0.717) is 36.0 Å². The number of ketones is 1. The van der Waals surface area contributed by atoms with E-state index in [1.165, 1.54) is 17.2 Å². The molecule has 0 radical (unpaired) electrons. The van der Waals surface area contributed by atoms with Crippen molar-refractivity contribution in [2.45, 2.75) is 19.5 Å². The van der Waals surface area contributed by atoms with Crippen molar-refractivity contribution in [3.05, 3.63) is 114 Å². The predicted octanol–water partition coefficient (Wildman–Crippen LogP) is 5.42. The Morgan fingerprint density at radius 3 is 2.61 bits per heavy atom. The molecule has 2 heterocycles. The molecule has 1 aliphatic heterocycles. The minimum atomic E-state index is -0.858. The maximum Gasteiger partial charge on any atom is 0.290 e. The average Bonchev–Trinajstić information content (AvgIpc) is 3.50. The van der Waals surface area contributed by atoms with Crippen molar-refractivity contribution < 1.29 is 28.6 Å². The third-order valence-electron chi connectivity index (χ3n) is 5.64. The molecular formula is C29H27NO6. The summed E-state index contributed by atoms with van der Waals surface area (Å²) >= 11 is 0. The smallest absolute Gasteiger partial charge is 0.290 e. The number of amides is 1. The SMILES string of the molecule is C=CCOc1ccc(C2C(C(=O)C=Cc3ccccc3)=C(O)C(=O)N2Cc2ccco2)cc1OCC.